The number of hydrogen-bond acceptors (Lipinski definition) is 4. The lowest BCUT2D eigenvalue weighted by atomic mass is 10.2. The fourth-order valence-electron chi connectivity index (χ4n) is 1.58. The maximum Gasteiger partial charge on any atom is 0.269 e. The summed E-state index contributed by atoms with van der Waals surface area (Å²) in [5, 5.41) is 4.15. The maximum absolute atomic E-state index is 11.9. The Hall–Kier alpha value is -2.30. The van der Waals surface area contributed by atoms with Gasteiger partial charge in [0, 0.05) is 25.8 Å². The van der Waals surface area contributed by atoms with Gasteiger partial charge in [-0.05, 0) is 17.7 Å². The summed E-state index contributed by atoms with van der Waals surface area (Å²) >= 11 is 0. The van der Waals surface area contributed by atoms with Crippen molar-refractivity contribution in [3.05, 3.63) is 52.4 Å². The van der Waals surface area contributed by atoms with Crippen LogP contribution in [0.15, 0.2) is 41.3 Å². The summed E-state index contributed by atoms with van der Waals surface area (Å²) in [6, 6.07) is 8.99. The van der Waals surface area contributed by atoms with E-state index in [1.54, 1.807) is 12.3 Å². The van der Waals surface area contributed by atoms with Gasteiger partial charge in [0.25, 0.3) is 5.56 Å². The fraction of sp³-hybridized carbons (Fsp3) is 0.231. The van der Waals surface area contributed by atoms with Gasteiger partial charge in [0.1, 0.15) is 0 Å². The first-order valence-electron chi connectivity index (χ1n) is 5.65. The Labute approximate surface area is 105 Å². The third kappa shape index (κ3) is 2.68. The highest BCUT2D eigenvalue weighted by Gasteiger charge is 2.02. The summed E-state index contributed by atoms with van der Waals surface area (Å²) in [6.45, 7) is 0.451. The Bertz CT molecular complexity index is 587. The van der Waals surface area contributed by atoms with E-state index in [4.69, 9.17) is 5.73 Å². The number of rotatable bonds is 3. The first-order valence-corrected chi connectivity index (χ1v) is 5.65. The van der Waals surface area contributed by atoms with Gasteiger partial charge in [-0.1, -0.05) is 12.1 Å². The van der Waals surface area contributed by atoms with E-state index >= 15 is 0 Å². The van der Waals surface area contributed by atoms with Gasteiger partial charge < -0.3 is 10.6 Å². The van der Waals surface area contributed by atoms with E-state index in [1.807, 2.05) is 43.3 Å². The van der Waals surface area contributed by atoms with E-state index in [0.717, 1.165) is 11.3 Å². The van der Waals surface area contributed by atoms with Gasteiger partial charge in [0.2, 0.25) is 0 Å². The number of anilines is 2. The maximum atomic E-state index is 11.9. The average molecular weight is 244 g/mol. The van der Waals surface area contributed by atoms with Gasteiger partial charge >= 0.3 is 0 Å². The minimum absolute atomic E-state index is 0.113. The molecular weight excluding hydrogens is 228 g/mol. The van der Waals surface area contributed by atoms with Crippen LogP contribution in [0.1, 0.15) is 5.56 Å². The summed E-state index contributed by atoms with van der Waals surface area (Å²) in [5.74, 6) is 0. The molecule has 2 rings (SSSR count). The molecule has 1 aromatic heterocycles. The summed E-state index contributed by atoms with van der Waals surface area (Å²) in [7, 11) is 3.75. The van der Waals surface area contributed by atoms with Crippen molar-refractivity contribution in [1.82, 2.24) is 9.78 Å². The van der Waals surface area contributed by atoms with Crippen molar-refractivity contribution in [2.75, 3.05) is 24.7 Å². The van der Waals surface area contributed by atoms with E-state index in [1.165, 1.54) is 4.68 Å². The quantitative estimate of drug-likeness (QED) is 0.816. The third-order valence-corrected chi connectivity index (χ3v) is 2.68. The monoisotopic (exact) mass is 244 g/mol. The highest BCUT2D eigenvalue weighted by molar-refractivity contribution is 5.41. The molecule has 5 nitrogen and oxygen atoms in total. The van der Waals surface area contributed by atoms with Crippen LogP contribution < -0.4 is 16.2 Å². The molecule has 0 aliphatic rings. The van der Waals surface area contributed by atoms with Crippen molar-refractivity contribution in [1.29, 1.82) is 0 Å². The number of nitrogens with zero attached hydrogens (tertiary/aromatic N) is 3. The molecule has 2 N–H and O–H groups in total. The van der Waals surface area contributed by atoms with Crippen molar-refractivity contribution >= 4 is 11.4 Å². The SMILES string of the molecule is CN(C)c1cnn(Cc2ccc(N)cc2)c(=O)c1. The zero-order chi connectivity index (χ0) is 13.1. The number of aromatic nitrogens is 2. The molecule has 0 unspecified atom stereocenters. The summed E-state index contributed by atoms with van der Waals surface area (Å²) in [6.07, 6.45) is 1.68. The topological polar surface area (TPSA) is 64.2 Å². The van der Waals surface area contributed by atoms with E-state index < -0.39 is 0 Å². The second-order valence-corrected chi connectivity index (χ2v) is 4.35. The van der Waals surface area contributed by atoms with Crippen molar-refractivity contribution in [3.63, 3.8) is 0 Å². The highest BCUT2D eigenvalue weighted by atomic mass is 16.1. The Morgan fingerprint density at radius 3 is 2.50 bits per heavy atom. The molecule has 1 aromatic carbocycles. The Morgan fingerprint density at radius 2 is 1.94 bits per heavy atom. The molecule has 1 heterocycles. The zero-order valence-corrected chi connectivity index (χ0v) is 10.5. The normalized spacial score (nSPS) is 10.3. The van der Waals surface area contributed by atoms with Crippen molar-refractivity contribution in [3.8, 4) is 0 Å². The lowest BCUT2D eigenvalue weighted by Crippen LogP contribution is -2.24. The predicted molar refractivity (Wildman–Crippen MR) is 72.8 cm³/mol. The summed E-state index contributed by atoms with van der Waals surface area (Å²) in [4.78, 5) is 13.7. The Morgan fingerprint density at radius 1 is 1.28 bits per heavy atom. The van der Waals surface area contributed by atoms with E-state index in [9.17, 15) is 4.79 Å². The summed E-state index contributed by atoms with van der Waals surface area (Å²) < 4.78 is 1.43. The van der Waals surface area contributed by atoms with E-state index in [-0.39, 0.29) is 5.56 Å². The number of nitrogens with two attached hydrogens (primary N) is 1. The highest BCUT2D eigenvalue weighted by Crippen LogP contribution is 2.07. The molecule has 18 heavy (non-hydrogen) atoms. The van der Waals surface area contributed by atoms with Gasteiger partial charge in [-0.25, -0.2) is 4.68 Å². The largest absolute Gasteiger partial charge is 0.399 e. The fourth-order valence-corrected chi connectivity index (χ4v) is 1.58. The molecule has 0 saturated carbocycles. The second-order valence-electron chi connectivity index (χ2n) is 4.35. The zero-order valence-electron chi connectivity index (χ0n) is 10.5. The molecule has 0 spiro atoms. The van der Waals surface area contributed by atoms with Crippen LogP contribution in [0.2, 0.25) is 0 Å². The number of benzene rings is 1. The van der Waals surface area contributed by atoms with Gasteiger partial charge in [-0.3, -0.25) is 4.79 Å². The van der Waals surface area contributed by atoms with Crippen molar-refractivity contribution < 1.29 is 0 Å². The molecule has 0 aliphatic heterocycles. The molecule has 2 aromatic rings. The van der Waals surface area contributed by atoms with E-state index in [2.05, 4.69) is 5.10 Å². The summed E-state index contributed by atoms with van der Waals surface area (Å²) in [5.41, 5.74) is 8.01. The van der Waals surface area contributed by atoms with Crippen LogP contribution in [0.25, 0.3) is 0 Å². The molecule has 94 valence electrons. The molecule has 0 aliphatic carbocycles. The Balaban J connectivity index is 2.25. The molecule has 0 atom stereocenters. The van der Waals surface area contributed by atoms with Crippen LogP contribution in [0.5, 0.6) is 0 Å². The average Bonchev–Trinajstić information content (AvgIpc) is 2.34. The number of nitrogen functional groups attached to an aromatic ring is 1. The first kappa shape index (κ1) is 12.2. The lowest BCUT2D eigenvalue weighted by molar-refractivity contribution is 0.638. The van der Waals surface area contributed by atoms with Gasteiger partial charge in [0.05, 0.1) is 18.4 Å². The molecule has 0 saturated heterocycles. The standard InChI is InChI=1S/C13H16N4O/c1-16(2)12-7-13(18)17(15-8-12)9-10-3-5-11(14)6-4-10/h3-8H,9,14H2,1-2H3. The van der Waals surface area contributed by atoms with Crippen LogP contribution in [0.3, 0.4) is 0 Å². The van der Waals surface area contributed by atoms with Gasteiger partial charge in [-0.2, -0.15) is 5.10 Å². The van der Waals surface area contributed by atoms with Gasteiger partial charge in [0.15, 0.2) is 0 Å². The van der Waals surface area contributed by atoms with Crippen LogP contribution in [-0.2, 0) is 6.54 Å². The van der Waals surface area contributed by atoms with Crippen molar-refractivity contribution in [2.45, 2.75) is 6.54 Å². The minimum atomic E-state index is -0.113. The van der Waals surface area contributed by atoms with Crippen molar-refractivity contribution in [2.24, 2.45) is 0 Å². The van der Waals surface area contributed by atoms with Crippen LogP contribution in [0.4, 0.5) is 11.4 Å². The molecule has 0 fully saturated rings. The first-order chi connectivity index (χ1) is 8.56. The molecule has 0 amide bonds. The smallest absolute Gasteiger partial charge is 0.269 e. The molecule has 0 radical (unpaired) electrons. The predicted octanol–water partition coefficient (Wildman–Crippen LogP) is 0.940. The minimum Gasteiger partial charge on any atom is -0.399 e. The Kier molecular flexibility index (Phi) is 3.32. The van der Waals surface area contributed by atoms with Crippen LogP contribution >= 0.6 is 0 Å². The molecule has 5 heteroatoms. The van der Waals surface area contributed by atoms with Crippen LogP contribution in [0, 0.1) is 0 Å². The molecular formula is C13H16N4O. The second kappa shape index (κ2) is 4.91. The van der Waals surface area contributed by atoms with Gasteiger partial charge in [-0.15, -0.1) is 0 Å². The lowest BCUT2D eigenvalue weighted by Gasteiger charge is -2.12. The van der Waals surface area contributed by atoms with Crippen LogP contribution in [-0.4, -0.2) is 23.9 Å². The number of hydrogen-bond donors (Lipinski definition) is 1. The molecule has 0 bridgehead atoms. The third-order valence-electron chi connectivity index (χ3n) is 2.68. The van der Waals surface area contributed by atoms with E-state index in [0.29, 0.717) is 12.2 Å².